The Kier molecular flexibility index (Phi) is 2.40. The number of rotatable bonds is 2. The minimum Gasteiger partial charge on any atom is -0.492 e. The number of benzene rings is 2. The summed E-state index contributed by atoms with van der Waals surface area (Å²) in [5, 5.41) is 0. The first kappa shape index (κ1) is 10.4. The van der Waals surface area contributed by atoms with Gasteiger partial charge in [-0.05, 0) is 18.1 Å². The highest BCUT2D eigenvalue weighted by molar-refractivity contribution is 5.44. The molecule has 0 fully saturated rings. The summed E-state index contributed by atoms with van der Waals surface area (Å²) >= 11 is 0. The zero-order valence-electron chi connectivity index (χ0n) is 10.0. The minimum atomic E-state index is 0.109. The predicted molar refractivity (Wildman–Crippen MR) is 69.4 cm³/mol. The van der Waals surface area contributed by atoms with E-state index in [4.69, 9.17) is 4.74 Å². The van der Waals surface area contributed by atoms with Crippen LogP contribution in [0.25, 0.3) is 0 Å². The van der Waals surface area contributed by atoms with Crippen molar-refractivity contribution in [1.82, 2.24) is 0 Å². The molecule has 1 aliphatic rings. The molecule has 0 aromatic heterocycles. The van der Waals surface area contributed by atoms with Gasteiger partial charge in [0.25, 0.3) is 0 Å². The predicted octanol–water partition coefficient (Wildman–Crippen LogP) is 3.58. The molecule has 1 aliphatic heterocycles. The van der Waals surface area contributed by atoms with Gasteiger partial charge in [-0.1, -0.05) is 55.5 Å². The molecule has 1 heterocycles. The van der Waals surface area contributed by atoms with Gasteiger partial charge in [-0.2, -0.15) is 0 Å². The van der Waals surface area contributed by atoms with Crippen LogP contribution in [0.3, 0.4) is 0 Å². The van der Waals surface area contributed by atoms with E-state index in [9.17, 15) is 0 Å². The Morgan fingerprint density at radius 2 is 1.71 bits per heavy atom. The molecule has 0 unspecified atom stereocenters. The van der Waals surface area contributed by atoms with Gasteiger partial charge in [0.15, 0.2) is 0 Å². The molecule has 0 N–H and O–H groups in total. The van der Waals surface area contributed by atoms with Crippen LogP contribution < -0.4 is 4.74 Å². The fourth-order valence-corrected chi connectivity index (χ4v) is 2.60. The molecule has 1 atom stereocenters. The minimum absolute atomic E-state index is 0.109. The Bertz CT molecular complexity index is 518. The zero-order valence-corrected chi connectivity index (χ0v) is 10.0. The molecular formula is C16H16O. The average Bonchev–Trinajstić information content (AvgIpc) is 2.69. The first-order valence-corrected chi connectivity index (χ1v) is 6.04. The summed E-state index contributed by atoms with van der Waals surface area (Å²) in [5.74, 6) is 1.05. The Hall–Kier alpha value is -1.76. The standard InChI is InChI=1S/C16H16O/c1-16(11-13-7-3-2-4-8-13)12-17-15-10-6-5-9-14(15)16/h2-10H,11-12H2,1H3/t16-/m1/s1. The third-order valence-corrected chi connectivity index (χ3v) is 3.52. The number of fused-ring (bicyclic) bond motifs is 1. The number of ether oxygens (including phenoxy) is 1. The van der Waals surface area contributed by atoms with Gasteiger partial charge in [-0.15, -0.1) is 0 Å². The molecule has 2 aromatic carbocycles. The Morgan fingerprint density at radius 3 is 2.53 bits per heavy atom. The summed E-state index contributed by atoms with van der Waals surface area (Å²) in [4.78, 5) is 0. The molecule has 3 rings (SSSR count). The van der Waals surface area contributed by atoms with Crippen molar-refractivity contribution in [2.24, 2.45) is 0 Å². The van der Waals surface area contributed by atoms with Crippen molar-refractivity contribution in [3.63, 3.8) is 0 Å². The lowest BCUT2D eigenvalue weighted by molar-refractivity contribution is 0.277. The fraction of sp³-hybridized carbons (Fsp3) is 0.250. The lowest BCUT2D eigenvalue weighted by atomic mass is 9.79. The summed E-state index contributed by atoms with van der Waals surface area (Å²) in [5.41, 5.74) is 2.82. The lowest BCUT2D eigenvalue weighted by Crippen LogP contribution is -2.26. The smallest absolute Gasteiger partial charge is 0.123 e. The van der Waals surface area contributed by atoms with Gasteiger partial charge in [-0.25, -0.2) is 0 Å². The van der Waals surface area contributed by atoms with Gasteiger partial charge in [0.2, 0.25) is 0 Å². The summed E-state index contributed by atoms with van der Waals surface area (Å²) < 4.78 is 5.79. The first-order chi connectivity index (χ1) is 8.28. The molecule has 1 nitrogen and oxygen atoms in total. The third kappa shape index (κ3) is 1.82. The van der Waals surface area contributed by atoms with Crippen LogP contribution in [-0.4, -0.2) is 6.61 Å². The maximum absolute atomic E-state index is 5.79. The Morgan fingerprint density at radius 1 is 1.00 bits per heavy atom. The van der Waals surface area contributed by atoms with Crippen molar-refractivity contribution in [3.05, 3.63) is 65.7 Å². The van der Waals surface area contributed by atoms with E-state index in [1.807, 2.05) is 6.07 Å². The molecule has 1 heteroatoms. The van der Waals surface area contributed by atoms with Crippen LogP contribution in [0.1, 0.15) is 18.1 Å². The highest BCUT2D eigenvalue weighted by Gasteiger charge is 2.35. The largest absolute Gasteiger partial charge is 0.492 e. The van der Waals surface area contributed by atoms with E-state index in [2.05, 4.69) is 55.5 Å². The van der Waals surface area contributed by atoms with Gasteiger partial charge >= 0.3 is 0 Å². The average molecular weight is 224 g/mol. The maximum atomic E-state index is 5.79. The van der Waals surface area contributed by atoms with E-state index < -0.39 is 0 Å². The van der Waals surface area contributed by atoms with Crippen molar-refractivity contribution < 1.29 is 4.74 Å². The topological polar surface area (TPSA) is 9.23 Å². The Balaban J connectivity index is 1.94. The van der Waals surface area contributed by atoms with Gasteiger partial charge < -0.3 is 4.74 Å². The monoisotopic (exact) mass is 224 g/mol. The van der Waals surface area contributed by atoms with Crippen LogP contribution in [0.4, 0.5) is 0 Å². The molecule has 0 amide bonds. The van der Waals surface area contributed by atoms with E-state index in [0.29, 0.717) is 0 Å². The van der Waals surface area contributed by atoms with E-state index in [-0.39, 0.29) is 5.41 Å². The number of para-hydroxylation sites is 1. The second kappa shape index (κ2) is 3.92. The van der Waals surface area contributed by atoms with Crippen LogP contribution in [0, 0.1) is 0 Å². The molecule has 0 saturated carbocycles. The SMILES string of the molecule is C[C@@]1(Cc2ccccc2)COc2ccccc21. The van der Waals surface area contributed by atoms with Gasteiger partial charge in [-0.3, -0.25) is 0 Å². The summed E-state index contributed by atoms with van der Waals surface area (Å²) in [6.45, 7) is 3.06. The Labute approximate surface area is 102 Å². The molecular weight excluding hydrogens is 208 g/mol. The normalized spacial score (nSPS) is 21.9. The highest BCUT2D eigenvalue weighted by atomic mass is 16.5. The second-order valence-corrected chi connectivity index (χ2v) is 5.01. The molecule has 0 spiro atoms. The van der Waals surface area contributed by atoms with E-state index in [1.165, 1.54) is 11.1 Å². The molecule has 0 radical (unpaired) electrons. The third-order valence-electron chi connectivity index (χ3n) is 3.52. The van der Waals surface area contributed by atoms with Gasteiger partial charge in [0.1, 0.15) is 5.75 Å². The molecule has 0 bridgehead atoms. The second-order valence-electron chi connectivity index (χ2n) is 5.01. The summed E-state index contributed by atoms with van der Waals surface area (Å²) in [6.07, 6.45) is 1.03. The molecule has 0 saturated heterocycles. The fourth-order valence-electron chi connectivity index (χ4n) is 2.60. The summed E-state index contributed by atoms with van der Waals surface area (Å²) in [6, 6.07) is 19.0. The van der Waals surface area contributed by atoms with E-state index in [1.54, 1.807) is 0 Å². The van der Waals surface area contributed by atoms with E-state index in [0.717, 1.165) is 18.8 Å². The highest BCUT2D eigenvalue weighted by Crippen LogP contribution is 2.40. The van der Waals surface area contributed by atoms with E-state index >= 15 is 0 Å². The van der Waals surface area contributed by atoms with Crippen molar-refractivity contribution >= 4 is 0 Å². The van der Waals surface area contributed by atoms with Crippen LogP contribution in [-0.2, 0) is 11.8 Å². The van der Waals surface area contributed by atoms with Crippen LogP contribution >= 0.6 is 0 Å². The van der Waals surface area contributed by atoms with Crippen molar-refractivity contribution in [3.8, 4) is 5.75 Å². The van der Waals surface area contributed by atoms with Crippen molar-refractivity contribution in [2.45, 2.75) is 18.8 Å². The van der Waals surface area contributed by atoms with Gasteiger partial charge in [0.05, 0.1) is 6.61 Å². The van der Waals surface area contributed by atoms with Crippen LogP contribution in [0.2, 0.25) is 0 Å². The molecule has 0 aliphatic carbocycles. The molecule has 17 heavy (non-hydrogen) atoms. The molecule has 86 valence electrons. The quantitative estimate of drug-likeness (QED) is 0.757. The van der Waals surface area contributed by atoms with Crippen molar-refractivity contribution in [1.29, 1.82) is 0 Å². The zero-order chi connectivity index (χ0) is 11.7. The first-order valence-electron chi connectivity index (χ1n) is 6.04. The van der Waals surface area contributed by atoms with Gasteiger partial charge in [0, 0.05) is 11.0 Å². The lowest BCUT2D eigenvalue weighted by Gasteiger charge is -2.22. The molecule has 2 aromatic rings. The maximum Gasteiger partial charge on any atom is 0.123 e. The summed E-state index contributed by atoms with van der Waals surface area (Å²) in [7, 11) is 0. The van der Waals surface area contributed by atoms with Crippen LogP contribution in [0.5, 0.6) is 5.75 Å². The number of hydrogen-bond acceptors (Lipinski definition) is 1. The number of hydrogen-bond donors (Lipinski definition) is 0. The van der Waals surface area contributed by atoms with Crippen LogP contribution in [0.15, 0.2) is 54.6 Å². The van der Waals surface area contributed by atoms with Crippen molar-refractivity contribution in [2.75, 3.05) is 6.61 Å².